The second kappa shape index (κ2) is 20.1. The number of aliphatic carboxylic acids is 1. The molecular weight excluding hydrogens is 494 g/mol. The van der Waals surface area contributed by atoms with E-state index in [-0.39, 0.29) is 43.0 Å². The minimum absolute atomic E-state index is 0.0244. The molecule has 0 unspecified atom stereocenters. The zero-order valence-electron chi connectivity index (χ0n) is 22.7. The minimum atomic E-state index is -3.52. The summed E-state index contributed by atoms with van der Waals surface area (Å²) in [5.41, 5.74) is 1.11. The van der Waals surface area contributed by atoms with Gasteiger partial charge >= 0.3 is 5.97 Å². The van der Waals surface area contributed by atoms with E-state index >= 15 is 0 Å². The van der Waals surface area contributed by atoms with Gasteiger partial charge in [-0.3, -0.25) is 14.4 Å². The Morgan fingerprint density at radius 2 is 1.30 bits per heavy atom. The van der Waals surface area contributed by atoms with Crippen LogP contribution in [0.5, 0.6) is 0 Å². The van der Waals surface area contributed by atoms with Crippen LogP contribution in [0, 0.1) is 5.92 Å². The van der Waals surface area contributed by atoms with Gasteiger partial charge in [-0.25, -0.2) is 8.42 Å². The maximum atomic E-state index is 12.1. The van der Waals surface area contributed by atoms with Gasteiger partial charge < -0.3 is 5.11 Å². The van der Waals surface area contributed by atoms with Gasteiger partial charge in [-0.2, -0.15) is 5.11 Å². The number of hydrogen-bond donors (Lipinski definition) is 1. The van der Waals surface area contributed by atoms with Gasteiger partial charge in [-0.1, -0.05) is 77.6 Å². The molecule has 0 fully saturated rings. The van der Waals surface area contributed by atoms with E-state index in [1.807, 2.05) is 0 Å². The molecule has 0 bridgehead atoms. The molecule has 0 saturated heterocycles. The van der Waals surface area contributed by atoms with Gasteiger partial charge in [0.15, 0.2) is 9.84 Å². The van der Waals surface area contributed by atoms with E-state index in [4.69, 9.17) is 5.11 Å². The largest absolute Gasteiger partial charge is 0.481 e. The van der Waals surface area contributed by atoms with Crippen molar-refractivity contribution in [3.8, 4) is 0 Å². The second-order valence-corrected chi connectivity index (χ2v) is 12.6. The minimum Gasteiger partial charge on any atom is -0.481 e. The van der Waals surface area contributed by atoms with Crippen LogP contribution in [-0.2, 0) is 24.2 Å². The van der Waals surface area contributed by atoms with Gasteiger partial charge in [0.05, 0.1) is 17.4 Å². The number of carbonyl (C=O) groups is 3. The summed E-state index contributed by atoms with van der Waals surface area (Å²) in [5.74, 6) is -3.01. The molecule has 1 atom stereocenters. The van der Waals surface area contributed by atoms with Gasteiger partial charge in [0, 0.05) is 19.3 Å². The van der Waals surface area contributed by atoms with Crippen molar-refractivity contribution in [3.63, 3.8) is 0 Å². The number of sulfone groups is 1. The van der Waals surface area contributed by atoms with Crippen molar-refractivity contribution in [2.24, 2.45) is 21.4 Å². The van der Waals surface area contributed by atoms with Crippen LogP contribution in [0.3, 0.4) is 0 Å². The molecule has 0 aromatic heterocycles. The Morgan fingerprint density at radius 1 is 0.784 bits per heavy atom. The van der Waals surface area contributed by atoms with Gasteiger partial charge in [0.25, 0.3) is 0 Å². The molecule has 10 heteroatoms. The summed E-state index contributed by atoms with van der Waals surface area (Å²) in [6.07, 6.45) is 16.6. The predicted octanol–water partition coefficient (Wildman–Crippen LogP) is 6.10. The monoisotopic (exact) mass is 541 g/mol. The number of rotatable bonds is 25. The molecule has 1 heterocycles. The molecule has 1 aliphatic heterocycles. The van der Waals surface area contributed by atoms with Gasteiger partial charge in [0.1, 0.15) is 23.9 Å². The summed E-state index contributed by atoms with van der Waals surface area (Å²) in [6.45, 7) is 2.14. The van der Waals surface area contributed by atoms with E-state index in [1.165, 1.54) is 64.7 Å². The lowest BCUT2D eigenvalue weighted by Gasteiger charge is -2.06. The fraction of sp³-hybridized carbons (Fsp3) is 0.852. The van der Waals surface area contributed by atoms with E-state index in [9.17, 15) is 22.8 Å². The fourth-order valence-corrected chi connectivity index (χ4v) is 5.74. The molecule has 1 aliphatic rings. The zero-order valence-corrected chi connectivity index (χ0v) is 23.5. The highest BCUT2D eigenvalue weighted by molar-refractivity contribution is 7.92. The Hall–Kier alpha value is -1.97. The molecule has 212 valence electrons. The Labute approximate surface area is 222 Å². The van der Waals surface area contributed by atoms with Gasteiger partial charge in [0.2, 0.25) is 0 Å². The normalized spacial score (nSPS) is 14.0. The van der Waals surface area contributed by atoms with Crippen LogP contribution in [0.1, 0.15) is 122 Å². The average molecular weight is 542 g/mol. The fourth-order valence-electron chi connectivity index (χ4n) is 4.37. The molecule has 1 rings (SSSR count). The smallest absolute Gasteiger partial charge is 0.306 e. The van der Waals surface area contributed by atoms with E-state index in [1.54, 1.807) is 0 Å². The molecule has 0 aliphatic carbocycles. The number of carboxylic acid groups (broad SMARTS) is 1. The Morgan fingerprint density at radius 3 is 1.81 bits per heavy atom. The summed E-state index contributed by atoms with van der Waals surface area (Å²) >= 11 is 0. The van der Waals surface area contributed by atoms with Crippen molar-refractivity contribution in [2.45, 2.75) is 122 Å². The Balaban J connectivity index is 1.89. The molecule has 0 amide bonds. The maximum absolute atomic E-state index is 12.1. The predicted molar refractivity (Wildman–Crippen MR) is 146 cm³/mol. The first kappa shape index (κ1) is 33.1. The van der Waals surface area contributed by atoms with Crippen molar-refractivity contribution in [1.29, 1.82) is 0 Å². The third-order valence-electron chi connectivity index (χ3n) is 6.67. The van der Waals surface area contributed by atoms with E-state index < -0.39 is 27.5 Å². The lowest BCUT2D eigenvalue weighted by molar-refractivity contribution is -0.143. The van der Waals surface area contributed by atoms with Crippen LogP contribution in [0.2, 0.25) is 0 Å². The van der Waals surface area contributed by atoms with Crippen LogP contribution in [-0.4, -0.2) is 54.8 Å². The lowest BCUT2D eigenvalue weighted by Crippen LogP contribution is -2.20. The van der Waals surface area contributed by atoms with Crippen LogP contribution < -0.4 is 0 Å². The Kier molecular flexibility index (Phi) is 17.9. The molecule has 0 spiro atoms. The number of unbranched alkanes of at least 4 members (excludes halogenated alkanes) is 12. The molecule has 0 aromatic rings. The van der Waals surface area contributed by atoms with E-state index in [0.717, 1.165) is 37.8 Å². The second-order valence-electron chi connectivity index (χ2n) is 10.4. The molecular formula is C27H47N3O6S. The Bertz CT molecular complexity index is 854. The molecule has 37 heavy (non-hydrogen) atoms. The number of hydrogen-bond acceptors (Lipinski definition) is 8. The highest BCUT2D eigenvalue weighted by Crippen LogP contribution is 2.14. The number of ketones is 2. The summed E-state index contributed by atoms with van der Waals surface area (Å²) in [5, 5.41) is 20.3. The number of carbonyl (C=O) groups excluding carboxylic acids is 2. The maximum Gasteiger partial charge on any atom is 0.306 e. The molecule has 0 radical (unpaired) electrons. The summed E-state index contributed by atoms with van der Waals surface area (Å²) in [7, 11) is -3.52. The first-order valence-electron chi connectivity index (χ1n) is 14.1. The molecule has 9 nitrogen and oxygen atoms in total. The average Bonchev–Trinajstić information content (AvgIpc) is 3.34. The quantitative estimate of drug-likeness (QED) is 0.138. The molecule has 1 N–H and O–H groups in total. The van der Waals surface area contributed by atoms with Crippen LogP contribution in [0.4, 0.5) is 0 Å². The first-order chi connectivity index (χ1) is 17.7. The number of Topliss-reactive ketones (excluding diaryl/α,β-unsaturated/α-hetero) is 2. The summed E-state index contributed by atoms with van der Waals surface area (Å²) in [4.78, 5) is 34.5. The van der Waals surface area contributed by atoms with E-state index in [2.05, 4.69) is 15.4 Å². The zero-order chi connectivity index (χ0) is 27.4. The van der Waals surface area contributed by atoms with Crippen LogP contribution in [0.25, 0.3) is 0 Å². The highest BCUT2D eigenvalue weighted by Gasteiger charge is 2.19. The van der Waals surface area contributed by atoms with Crippen molar-refractivity contribution in [3.05, 3.63) is 0 Å². The van der Waals surface area contributed by atoms with Crippen molar-refractivity contribution >= 4 is 33.1 Å². The first-order valence-corrected chi connectivity index (χ1v) is 15.9. The van der Waals surface area contributed by atoms with Crippen molar-refractivity contribution in [1.82, 2.24) is 0 Å². The van der Waals surface area contributed by atoms with Gasteiger partial charge in [-0.05, 0) is 30.9 Å². The van der Waals surface area contributed by atoms with Crippen molar-refractivity contribution < 1.29 is 27.9 Å². The lowest BCUT2D eigenvalue weighted by atomic mass is 10.0. The highest BCUT2D eigenvalue weighted by atomic mass is 32.2. The van der Waals surface area contributed by atoms with Gasteiger partial charge in [-0.15, -0.1) is 5.10 Å². The van der Waals surface area contributed by atoms with Crippen LogP contribution in [0.15, 0.2) is 15.4 Å². The number of carboxylic acids is 1. The third-order valence-corrected chi connectivity index (χ3v) is 8.34. The number of nitrogens with zero attached hydrogens (tertiary/aromatic N) is 3. The molecule has 0 saturated carbocycles. The topological polar surface area (TPSA) is 143 Å². The summed E-state index contributed by atoms with van der Waals surface area (Å²) < 4.78 is 24.2. The van der Waals surface area contributed by atoms with Crippen molar-refractivity contribution in [2.75, 3.05) is 18.1 Å². The third kappa shape index (κ3) is 18.9. The van der Waals surface area contributed by atoms with Crippen LogP contribution >= 0.6 is 0 Å². The molecule has 0 aromatic carbocycles. The SMILES string of the molecule is C[C@H](CC(=O)CCCS(=O)(=O)CC(=O)CCCCCCCCCCCCCCCC1=NN=NC1)C(=O)O. The standard InChI is InChI=1S/C27H47N3O6S/c1-23(27(33)34)20-25(31)18-15-19-37(35,36)22-26(32)17-14-12-10-8-6-4-2-3-5-7-9-11-13-16-24-21-28-30-29-24/h23H,2-22H2,1H3,(H,33,34)/t23-/m1/s1. The van der Waals surface area contributed by atoms with E-state index in [0.29, 0.717) is 6.54 Å². The summed E-state index contributed by atoms with van der Waals surface area (Å²) in [6, 6.07) is 0.